The summed E-state index contributed by atoms with van der Waals surface area (Å²) in [5, 5.41) is 1.53. The average Bonchev–Trinajstić information content (AvgIpc) is 3.33. The number of aromatic nitrogens is 1. The minimum atomic E-state index is -0.248. The summed E-state index contributed by atoms with van der Waals surface area (Å²) in [6.45, 7) is 0.594. The maximum atomic E-state index is 13.1. The molecule has 23 heavy (non-hydrogen) atoms. The second-order valence-electron chi connectivity index (χ2n) is 6.10. The molecule has 0 amide bonds. The number of hydrogen-bond donors (Lipinski definition) is 0. The third kappa shape index (κ3) is 2.77. The van der Waals surface area contributed by atoms with Gasteiger partial charge in [0.05, 0.1) is 0 Å². The zero-order valence-electron chi connectivity index (χ0n) is 12.4. The van der Waals surface area contributed by atoms with Gasteiger partial charge in [0, 0.05) is 40.1 Å². The summed E-state index contributed by atoms with van der Waals surface area (Å²) in [5.41, 5.74) is 2.71. The van der Waals surface area contributed by atoms with Gasteiger partial charge in [-0.1, -0.05) is 23.7 Å². The summed E-state index contributed by atoms with van der Waals surface area (Å²) in [4.78, 5) is 12.5. The van der Waals surface area contributed by atoms with Crippen LogP contribution in [0.2, 0.25) is 5.02 Å². The summed E-state index contributed by atoms with van der Waals surface area (Å²) in [6.07, 6.45) is 3.86. The third-order valence-electron chi connectivity index (χ3n) is 4.32. The van der Waals surface area contributed by atoms with Crippen LogP contribution >= 0.6 is 11.6 Å². The lowest BCUT2D eigenvalue weighted by Crippen LogP contribution is -2.01. The van der Waals surface area contributed by atoms with Crippen LogP contribution in [0.5, 0.6) is 0 Å². The zero-order valence-corrected chi connectivity index (χ0v) is 13.2. The highest BCUT2D eigenvalue weighted by atomic mass is 35.5. The third-order valence-corrected chi connectivity index (χ3v) is 4.56. The van der Waals surface area contributed by atoms with Gasteiger partial charge in [0.15, 0.2) is 5.78 Å². The fourth-order valence-corrected chi connectivity index (χ4v) is 3.12. The number of carbonyl (C=O) groups excluding carboxylic acids is 1. The van der Waals surface area contributed by atoms with E-state index in [0.717, 1.165) is 34.9 Å². The van der Waals surface area contributed by atoms with Crippen molar-refractivity contribution in [2.75, 3.05) is 0 Å². The van der Waals surface area contributed by atoms with Crippen molar-refractivity contribution >= 4 is 28.3 Å². The highest BCUT2D eigenvalue weighted by Gasteiger charge is 2.32. The van der Waals surface area contributed by atoms with Gasteiger partial charge in [0.25, 0.3) is 0 Å². The van der Waals surface area contributed by atoms with E-state index in [0.29, 0.717) is 11.6 Å². The van der Waals surface area contributed by atoms with Gasteiger partial charge in [-0.15, -0.1) is 0 Å². The molecule has 1 aliphatic carbocycles. The van der Waals surface area contributed by atoms with E-state index in [-0.39, 0.29) is 17.5 Å². The van der Waals surface area contributed by atoms with Gasteiger partial charge in [-0.3, -0.25) is 4.79 Å². The molecule has 1 heterocycles. The minimum absolute atomic E-state index is 0.166. The largest absolute Gasteiger partial charge is 0.342 e. The summed E-state index contributed by atoms with van der Waals surface area (Å²) in [5.74, 6) is 0.122. The zero-order chi connectivity index (χ0) is 16.0. The molecular weight excluding hydrogens is 313 g/mol. The van der Waals surface area contributed by atoms with Crippen LogP contribution in [0.1, 0.15) is 28.8 Å². The van der Waals surface area contributed by atoms with E-state index >= 15 is 0 Å². The Morgan fingerprint density at radius 1 is 1.17 bits per heavy atom. The van der Waals surface area contributed by atoms with E-state index in [1.807, 2.05) is 29.0 Å². The van der Waals surface area contributed by atoms with Crippen LogP contribution < -0.4 is 0 Å². The Balaban J connectivity index is 1.79. The first-order valence-corrected chi connectivity index (χ1v) is 8.06. The van der Waals surface area contributed by atoms with Crippen LogP contribution in [-0.4, -0.2) is 10.4 Å². The molecule has 116 valence electrons. The molecule has 4 heteroatoms. The maximum Gasteiger partial charge on any atom is 0.168 e. The highest BCUT2D eigenvalue weighted by Crippen LogP contribution is 2.36. The second kappa shape index (κ2) is 5.50. The lowest BCUT2D eigenvalue weighted by Gasteiger charge is -2.05. The van der Waals surface area contributed by atoms with Crippen molar-refractivity contribution in [2.45, 2.75) is 19.4 Å². The number of halogens is 2. The molecule has 0 unspecified atom stereocenters. The van der Waals surface area contributed by atoms with E-state index in [9.17, 15) is 9.18 Å². The SMILES string of the molecule is O=C(c1cn(Cc2ccc(F)cc2)c2ccc(Cl)cc12)C1CC1. The summed E-state index contributed by atoms with van der Waals surface area (Å²) in [7, 11) is 0. The van der Waals surface area contributed by atoms with E-state index in [2.05, 4.69) is 0 Å². The van der Waals surface area contributed by atoms with Crippen LogP contribution in [-0.2, 0) is 6.54 Å². The van der Waals surface area contributed by atoms with Gasteiger partial charge >= 0.3 is 0 Å². The number of Topliss-reactive ketones (excluding diaryl/α,β-unsaturated/α-hetero) is 1. The topological polar surface area (TPSA) is 22.0 Å². The minimum Gasteiger partial charge on any atom is -0.342 e. The Morgan fingerprint density at radius 3 is 2.61 bits per heavy atom. The molecule has 1 aromatic heterocycles. The average molecular weight is 328 g/mol. The van der Waals surface area contributed by atoms with Crippen molar-refractivity contribution in [3.63, 3.8) is 0 Å². The van der Waals surface area contributed by atoms with E-state index in [1.54, 1.807) is 12.1 Å². The van der Waals surface area contributed by atoms with Gasteiger partial charge in [-0.25, -0.2) is 4.39 Å². The molecular formula is C19H15ClFNO. The van der Waals surface area contributed by atoms with Crippen molar-refractivity contribution in [3.05, 3.63) is 70.6 Å². The predicted molar refractivity (Wildman–Crippen MR) is 89.5 cm³/mol. The molecule has 0 N–H and O–H groups in total. The lowest BCUT2D eigenvalue weighted by atomic mass is 10.1. The Bertz CT molecular complexity index is 894. The molecule has 3 aromatic rings. The number of fused-ring (bicyclic) bond motifs is 1. The lowest BCUT2D eigenvalue weighted by molar-refractivity contribution is 0.0969. The number of hydrogen-bond acceptors (Lipinski definition) is 1. The van der Waals surface area contributed by atoms with Gasteiger partial charge < -0.3 is 4.57 Å². The number of carbonyl (C=O) groups is 1. The smallest absolute Gasteiger partial charge is 0.168 e. The van der Waals surface area contributed by atoms with Gasteiger partial charge in [0.2, 0.25) is 0 Å². The van der Waals surface area contributed by atoms with Crippen LogP contribution in [0.25, 0.3) is 10.9 Å². The van der Waals surface area contributed by atoms with Crippen LogP contribution in [0.15, 0.2) is 48.7 Å². The molecule has 0 spiro atoms. The Kier molecular flexibility index (Phi) is 3.46. The van der Waals surface area contributed by atoms with Crippen molar-refractivity contribution in [2.24, 2.45) is 5.92 Å². The monoisotopic (exact) mass is 327 g/mol. The number of benzene rings is 2. The van der Waals surface area contributed by atoms with Crippen LogP contribution in [0.3, 0.4) is 0 Å². The maximum absolute atomic E-state index is 13.1. The standard InChI is InChI=1S/C19H15ClFNO/c20-14-5-8-18-16(9-14)17(19(23)13-3-4-13)11-22(18)10-12-1-6-15(21)7-2-12/h1-2,5-9,11,13H,3-4,10H2. The van der Waals surface area contributed by atoms with Crippen molar-refractivity contribution in [1.29, 1.82) is 0 Å². The number of ketones is 1. The van der Waals surface area contributed by atoms with Gasteiger partial charge in [-0.05, 0) is 48.7 Å². The molecule has 1 fully saturated rings. The molecule has 0 atom stereocenters. The Labute approximate surface area is 138 Å². The summed E-state index contributed by atoms with van der Waals surface area (Å²) in [6, 6.07) is 12.1. The van der Waals surface area contributed by atoms with E-state index < -0.39 is 0 Å². The number of rotatable bonds is 4. The molecule has 4 rings (SSSR count). The van der Waals surface area contributed by atoms with Crippen LogP contribution in [0, 0.1) is 11.7 Å². The van der Waals surface area contributed by atoms with Gasteiger partial charge in [-0.2, -0.15) is 0 Å². The van der Waals surface area contributed by atoms with E-state index in [4.69, 9.17) is 11.6 Å². The fraction of sp³-hybridized carbons (Fsp3) is 0.211. The first kappa shape index (κ1) is 14.5. The summed E-state index contributed by atoms with van der Waals surface area (Å²) < 4.78 is 15.1. The Hall–Kier alpha value is -2.13. The predicted octanol–water partition coefficient (Wildman–Crippen LogP) is 5.07. The highest BCUT2D eigenvalue weighted by molar-refractivity contribution is 6.31. The molecule has 1 aliphatic rings. The molecule has 0 saturated heterocycles. The number of nitrogens with zero attached hydrogens (tertiary/aromatic N) is 1. The molecule has 0 radical (unpaired) electrons. The second-order valence-corrected chi connectivity index (χ2v) is 6.53. The fourth-order valence-electron chi connectivity index (χ4n) is 2.95. The van der Waals surface area contributed by atoms with Crippen LogP contribution in [0.4, 0.5) is 4.39 Å². The molecule has 2 nitrogen and oxygen atoms in total. The molecule has 1 saturated carbocycles. The first-order valence-electron chi connectivity index (χ1n) is 7.69. The van der Waals surface area contributed by atoms with Crippen molar-refractivity contribution in [3.8, 4) is 0 Å². The summed E-state index contributed by atoms with van der Waals surface area (Å²) >= 11 is 6.12. The van der Waals surface area contributed by atoms with Crippen molar-refractivity contribution < 1.29 is 9.18 Å². The van der Waals surface area contributed by atoms with E-state index in [1.165, 1.54) is 12.1 Å². The van der Waals surface area contributed by atoms with Gasteiger partial charge in [0.1, 0.15) is 5.82 Å². The quantitative estimate of drug-likeness (QED) is 0.613. The Morgan fingerprint density at radius 2 is 1.91 bits per heavy atom. The van der Waals surface area contributed by atoms with Crippen molar-refractivity contribution in [1.82, 2.24) is 4.57 Å². The normalized spacial score (nSPS) is 14.3. The molecule has 0 bridgehead atoms. The molecule has 0 aliphatic heterocycles. The first-order chi connectivity index (χ1) is 11.1. The molecule has 2 aromatic carbocycles.